The molecule has 0 radical (unpaired) electrons. The van der Waals surface area contributed by atoms with Crippen molar-refractivity contribution in [3.05, 3.63) is 115 Å². The van der Waals surface area contributed by atoms with E-state index in [0.29, 0.717) is 16.5 Å². The smallest absolute Gasteiger partial charge is 0.323 e. The molecule has 0 heterocycles. The highest BCUT2D eigenvalue weighted by Gasteiger charge is 2.24. The van der Waals surface area contributed by atoms with Crippen molar-refractivity contribution in [3.8, 4) is 11.5 Å². The van der Waals surface area contributed by atoms with E-state index in [1.54, 1.807) is 36.4 Å². The first-order chi connectivity index (χ1) is 27.3. The first-order valence-electron chi connectivity index (χ1n) is 16.4. The van der Waals surface area contributed by atoms with Crippen molar-refractivity contribution in [3.63, 3.8) is 0 Å². The van der Waals surface area contributed by atoms with Crippen molar-refractivity contribution in [2.75, 3.05) is 10.6 Å². The number of aromatic hydroxyl groups is 2. The molecule has 0 bridgehead atoms. The second-order valence-corrected chi connectivity index (χ2v) is 16.7. The Hall–Kier alpha value is -6.88. The number of amides is 2. The lowest BCUT2D eigenvalue weighted by Gasteiger charge is -2.13. The Kier molecular flexibility index (Phi) is 10.1. The molecule has 0 aliphatic carbocycles. The van der Waals surface area contributed by atoms with Gasteiger partial charge >= 0.3 is 6.03 Å². The quantitative estimate of drug-likeness (QED) is 0.0530. The van der Waals surface area contributed by atoms with E-state index in [1.807, 2.05) is 0 Å². The van der Waals surface area contributed by atoms with E-state index in [-0.39, 0.29) is 43.5 Å². The highest BCUT2D eigenvalue weighted by atomic mass is 32.2. The average Bonchev–Trinajstić information content (AvgIpc) is 3.15. The Bertz CT molecular complexity index is 3250. The molecule has 7 N–H and O–H groups in total. The van der Waals surface area contributed by atoms with Crippen LogP contribution >= 0.6 is 0 Å². The van der Waals surface area contributed by atoms with Crippen molar-refractivity contribution < 1.29 is 53.9 Å². The highest BCUT2D eigenvalue weighted by Crippen LogP contribution is 2.44. The highest BCUT2D eigenvalue weighted by molar-refractivity contribution is 7.86. The van der Waals surface area contributed by atoms with Crippen molar-refractivity contribution in [2.24, 2.45) is 20.5 Å². The molecule has 0 aromatic heterocycles. The maximum absolute atomic E-state index is 13.0. The van der Waals surface area contributed by atoms with Crippen LogP contribution in [0.5, 0.6) is 11.5 Å². The molecule has 0 saturated heterocycles. The molecule has 294 valence electrons. The number of rotatable bonds is 9. The van der Waals surface area contributed by atoms with Gasteiger partial charge in [-0.1, -0.05) is 30.3 Å². The number of fused-ring (bicyclic) bond motifs is 3. The molecule has 0 spiro atoms. The second-order valence-electron chi connectivity index (χ2n) is 12.4. The predicted molar refractivity (Wildman–Crippen MR) is 212 cm³/mol. The molecule has 0 aliphatic heterocycles. The number of nitrogens with one attached hydrogen (secondary N) is 2. The van der Waals surface area contributed by atoms with E-state index in [0.717, 1.165) is 12.1 Å². The fourth-order valence-corrected chi connectivity index (χ4v) is 7.72. The molecule has 0 atom stereocenters. The van der Waals surface area contributed by atoms with Crippen molar-refractivity contribution >= 4 is 103 Å². The Morgan fingerprint density at radius 1 is 0.466 bits per heavy atom. The summed E-state index contributed by atoms with van der Waals surface area (Å²) in [4.78, 5) is 11.1. The van der Waals surface area contributed by atoms with Crippen LogP contribution in [0.1, 0.15) is 0 Å². The number of anilines is 2. The summed E-state index contributed by atoms with van der Waals surface area (Å²) in [5.74, 6) is -1.28. The summed E-state index contributed by atoms with van der Waals surface area (Å²) in [6.45, 7) is 0. The molecule has 18 nitrogen and oxygen atoms in total. The minimum absolute atomic E-state index is 0.0458. The standard InChI is InChI=1S/C37H26N6O12S3/c44-35-29-12-9-25(15-22(29)18-31(57(50,51)52)33(35)42-40-24-4-2-1-3-5-24)38-37(46)39-26-10-13-30-23(16-26)19-32(58(53,54)55)34(36(30)45)43-41-27-8-6-20-7-11-28(56(47,48)49)17-21(20)14-27/h1-19,44-45H,(H2,38,39,46)(H,47,48,49)(H,50,51,52)(H,53,54,55). The SMILES string of the molecule is O=C(Nc1ccc2c(O)c(N=Nc3ccccc3)c(S(=O)(=O)O)cc2c1)Nc1ccc2c(O)c(N=Nc3ccc4ccc(S(=O)(=O)O)cc4c3)c(S(=O)(=O)O)cc2c1. The van der Waals surface area contributed by atoms with Gasteiger partial charge in [-0.15, -0.1) is 10.2 Å². The third kappa shape index (κ3) is 8.29. The first-order valence-corrected chi connectivity index (χ1v) is 20.7. The second kappa shape index (κ2) is 14.9. The summed E-state index contributed by atoms with van der Waals surface area (Å²) in [5.41, 5.74) is -0.451. The van der Waals surface area contributed by atoms with E-state index in [2.05, 4.69) is 31.1 Å². The van der Waals surface area contributed by atoms with Gasteiger partial charge in [0.05, 0.1) is 16.3 Å². The van der Waals surface area contributed by atoms with Crippen LogP contribution in [0.3, 0.4) is 0 Å². The van der Waals surface area contributed by atoms with Gasteiger partial charge < -0.3 is 20.8 Å². The number of azo groups is 2. The lowest BCUT2D eigenvalue weighted by atomic mass is 10.1. The molecule has 0 aliphatic rings. The number of urea groups is 1. The van der Waals surface area contributed by atoms with Gasteiger partial charge in [0.15, 0.2) is 11.5 Å². The minimum Gasteiger partial charge on any atom is -0.505 e. The third-order valence-electron chi connectivity index (χ3n) is 8.55. The molecule has 21 heteroatoms. The van der Waals surface area contributed by atoms with Gasteiger partial charge in [0.1, 0.15) is 21.2 Å². The van der Waals surface area contributed by atoms with E-state index in [9.17, 15) is 53.9 Å². The van der Waals surface area contributed by atoms with E-state index in [1.165, 1.54) is 66.7 Å². The topological polar surface area (TPSA) is 294 Å². The molecule has 2 amide bonds. The number of benzene rings is 7. The molecule has 7 aromatic rings. The normalized spacial score (nSPS) is 12.5. The summed E-state index contributed by atoms with van der Waals surface area (Å²) < 4.78 is 102. The molecule has 0 saturated carbocycles. The molecule has 0 fully saturated rings. The minimum atomic E-state index is -5.03. The Morgan fingerprint density at radius 2 is 0.966 bits per heavy atom. The molecule has 7 rings (SSSR count). The number of carbonyl (C=O) groups is 1. The molecule has 7 aromatic carbocycles. The largest absolute Gasteiger partial charge is 0.505 e. The van der Waals surface area contributed by atoms with Crippen LogP contribution < -0.4 is 10.6 Å². The van der Waals surface area contributed by atoms with E-state index >= 15 is 0 Å². The van der Waals surface area contributed by atoms with Crippen molar-refractivity contribution in [1.29, 1.82) is 0 Å². The van der Waals surface area contributed by atoms with Crippen LogP contribution in [0.25, 0.3) is 32.3 Å². The fourth-order valence-electron chi connectivity index (χ4n) is 5.88. The zero-order chi connectivity index (χ0) is 41.6. The molecule has 0 unspecified atom stereocenters. The van der Waals surface area contributed by atoms with Gasteiger partial charge in [-0.25, -0.2) is 4.79 Å². The maximum atomic E-state index is 13.0. The van der Waals surface area contributed by atoms with Gasteiger partial charge in [0.2, 0.25) is 0 Å². The average molecular weight is 843 g/mol. The van der Waals surface area contributed by atoms with E-state index in [4.69, 9.17) is 0 Å². The Balaban J connectivity index is 1.15. The maximum Gasteiger partial charge on any atom is 0.323 e. The van der Waals surface area contributed by atoms with Crippen LogP contribution in [0.15, 0.2) is 150 Å². The van der Waals surface area contributed by atoms with Gasteiger partial charge in [0.25, 0.3) is 30.4 Å². The van der Waals surface area contributed by atoms with Gasteiger partial charge in [0, 0.05) is 22.1 Å². The lowest BCUT2D eigenvalue weighted by molar-refractivity contribution is 0.262. The zero-order valence-electron chi connectivity index (χ0n) is 29.1. The van der Waals surface area contributed by atoms with Crippen LogP contribution in [0.4, 0.5) is 38.9 Å². The Labute approximate surface area is 328 Å². The van der Waals surface area contributed by atoms with Crippen LogP contribution in [-0.2, 0) is 30.4 Å². The monoisotopic (exact) mass is 842 g/mol. The number of hydrogen-bond acceptors (Lipinski definition) is 13. The fraction of sp³-hybridized carbons (Fsp3) is 0. The predicted octanol–water partition coefficient (Wildman–Crippen LogP) is 8.77. The number of phenolic OH excluding ortho intramolecular Hbond substituents is 2. The molecular formula is C37H26N6O12S3. The third-order valence-corrected chi connectivity index (χ3v) is 11.1. The number of carbonyl (C=O) groups excluding carboxylic acids is 1. The first kappa shape index (κ1) is 39.4. The number of hydrogen-bond donors (Lipinski definition) is 7. The van der Waals surface area contributed by atoms with E-state index < -0.39 is 69.1 Å². The Morgan fingerprint density at radius 3 is 1.47 bits per heavy atom. The van der Waals surface area contributed by atoms with Crippen LogP contribution in [0.2, 0.25) is 0 Å². The summed E-state index contributed by atoms with van der Waals surface area (Å²) in [7, 11) is -14.4. The summed E-state index contributed by atoms with van der Waals surface area (Å²) in [5, 5.41) is 44.0. The molecular weight excluding hydrogens is 817 g/mol. The van der Waals surface area contributed by atoms with Crippen LogP contribution in [0, 0.1) is 0 Å². The summed E-state index contributed by atoms with van der Waals surface area (Å²) in [6.07, 6.45) is 0. The lowest BCUT2D eigenvalue weighted by Crippen LogP contribution is -2.19. The summed E-state index contributed by atoms with van der Waals surface area (Å²) >= 11 is 0. The van der Waals surface area contributed by atoms with Crippen molar-refractivity contribution in [1.82, 2.24) is 0 Å². The summed E-state index contributed by atoms with van der Waals surface area (Å²) in [6, 6.07) is 25.9. The zero-order valence-corrected chi connectivity index (χ0v) is 31.5. The number of nitrogens with zero attached hydrogens (tertiary/aromatic N) is 4. The van der Waals surface area contributed by atoms with Gasteiger partial charge in [-0.2, -0.15) is 35.5 Å². The number of phenols is 2. The van der Waals surface area contributed by atoms with Crippen LogP contribution in [-0.4, -0.2) is 55.2 Å². The van der Waals surface area contributed by atoms with Gasteiger partial charge in [-0.05, 0) is 106 Å². The van der Waals surface area contributed by atoms with Gasteiger partial charge in [-0.3, -0.25) is 13.7 Å². The molecule has 58 heavy (non-hydrogen) atoms. The van der Waals surface area contributed by atoms with Crippen molar-refractivity contribution in [2.45, 2.75) is 14.7 Å².